The maximum Gasteiger partial charge on any atom is 0.416 e. The molecule has 1 heterocycles. The minimum absolute atomic E-state index is 0.246. The lowest BCUT2D eigenvalue weighted by Gasteiger charge is -2.06. The van der Waals surface area contributed by atoms with Gasteiger partial charge in [0.05, 0.1) is 5.56 Å². The zero-order chi connectivity index (χ0) is 11.8. The SMILES string of the molecule is O=c1[nH]nc(-c2cccc(C(F)(F)F)c2)s1. The van der Waals surface area contributed by atoms with Crippen molar-refractivity contribution in [3.05, 3.63) is 39.5 Å². The van der Waals surface area contributed by atoms with Gasteiger partial charge in [-0.3, -0.25) is 4.79 Å². The summed E-state index contributed by atoms with van der Waals surface area (Å²) in [6.07, 6.45) is -4.39. The summed E-state index contributed by atoms with van der Waals surface area (Å²) in [4.78, 5) is 10.4. The van der Waals surface area contributed by atoms with Crippen molar-refractivity contribution in [3.8, 4) is 10.6 Å². The molecule has 84 valence electrons. The van der Waals surface area contributed by atoms with E-state index in [-0.39, 0.29) is 10.6 Å². The van der Waals surface area contributed by atoms with Gasteiger partial charge in [-0.15, -0.1) is 0 Å². The number of nitrogens with zero attached hydrogens (tertiary/aromatic N) is 1. The second kappa shape index (κ2) is 3.75. The number of hydrogen-bond donors (Lipinski definition) is 1. The van der Waals surface area contributed by atoms with Crippen molar-refractivity contribution < 1.29 is 13.2 Å². The first-order chi connectivity index (χ1) is 7.47. The van der Waals surface area contributed by atoms with Crippen LogP contribution in [0.3, 0.4) is 0 Å². The molecule has 2 rings (SSSR count). The predicted molar refractivity (Wildman–Crippen MR) is 53.2 cm³/mol. The van der Waals surface area contributed by atoms with Gasteiger partial charge in [0, 0.05) is 5.56 Å². The average Bonchev–Trinajstić information content (AvgIpc) is 2.64. The Kier molecular flexibility index (Phi) is 2.55. The number of benzene rings is 1. The van der Waals surface area contributed by atoms with Crippen LogP contribution in [0.2, 0.25) is 0 Å². The smallest absolute Gasteiger partial charge is 0.255 e. The summed E-state index contributed by atoms with van der Waals surface area (Å²) in [5, 5.41) is 6.03. The highest BCUT2D eigenvalue weighted by molar-refractivity contribution is 7.12. The lowest BCUT2D eigenvalue weighted by molar-refractivity contribution is -0.137. The average molecular weight is 246 g/mol. The van der Waals surface area contributed by atoms with Crippen LogP contribution in [0.15, 0.2) is 29.1 Å². The first-order valence-electron chi connectivity index (χ1n) is 4.20. The van der Waals surface area contributed by atoms with Crippen LogP contribution in [0.1, 0.15) is 5.56 Å². The van der Waals surface area contributed by atoms with Crippen LogP contribution in [0, 0.1) is 0 Å². The Bertz CT molecular complexity index is 558. The fraction of sp³-hybridized carbons (Fsp3) is 0.111. The fourth-order valence-corrected chi connectivity index (χ4v) is 1.78. The summed E-state index contributed by atoms with van der Waals surface area (Å²) in [6.45, 7) is 0. The first kappa shape index (κ1) is 10.9. The second-order valence-corrected chi connectivity index (χ2v) is 3.96. The molecule has 1 N–H and O–H groups in total. The van der Waals surface area contributed by atoms with Crippen LogP contribution in [0.4, 0.5) is 13.2 Å². The molecule has 7 heteroatoms. The third kappa shape index (κ3) is 2.13. The number of nitrogens with one attached hydrogen (secondary N) is 1. The van der Waals surface area contributed by atoms with Gasteiger partial charge < -0.3 is 0 Å². The number of halogens is 3. The van der Waals surface area contributed by atoms with Gasteiger partial charge in [-0.2, -0.15) is 18.3 Å². The number of H-pyrrole nitrogens is 1. The molecular formula is C9H5F3N2OS. The second-order valence-electron chi connectivity index (χ2n) is 3.00. The minimum atomic E-state index is -4.39. The molecule has 3 nitrogen and oxygen atoms in total. The van der Waals surface area contributed by atoms with E-state index in [1.54, 1.807) is 0 Å². The summed E-state index contributed by atoms with van der Waals surface area (Å²) in [6, 6.07) is 4.69. The van der Waals surface area contributed by atoms with Gasteiger partial charge in [0.25, 0.3) is 0 Å². The highest BCUT2D eigenvalue weighted by atomic mass is 32.1. The molecule has 0 aliphatic heterocycles. The Labute approximate surface area is 91.6 Å². The van der Waals surface area contributed by atoms with Crippen molar-refractivity contribution >= 4 is 11.3 Å². The van der Waals surface area contributed by atoms with Gasteiger partial charge in [0.1, 0.15) is 5.01 Å². The molecule has 0 atom stereocenters. The molecule has 0 amide bonds. The number of rotatable bonds is 1. The van der Waals surface area contributed by atoms with E-state index < -0.39 is 16.6 Å². The van der Waals surface area contributed by atoms with Crippen molar-refractivity contribution in [2.24, 2.45) is 0 Å². The van der Waals surface area contributed by atoms with Gasteiger partial charge in [-0.1, -0.05) is 23.5 Å². The maximum absolute atomic E-state index is 12.4. The normalized spacial score (nSPS) is 11.7. The largest absolute Gasteiger partial charge is 0.416 e. The third-order valence-corrected chi connectivity index (χ3v) is 2.67. The Balaban J connectivity index is 2.48. The minimum Gasteiger partial charge on any atom is -0.255 e. The van der Waals surface area contributed by atoms with E-state index in [0.717, 1.165) is 23.5 Å². The number of alkyl halides is 3. The van der Waals surface area contributed by atoms with E-state index in [2.05, 4.69) is 10.2 Å². The number of aromatic nitrogens is 2. The molecule has 0 aliphatic carbocycles. The van der Waals surface area contributed by atoms with E-state index >= 15 is 0 Å². The van der Waals surface area contributed by atoms with Crippen molar-refractivity contribution in [1.82, 2.24) is 10.2 Å². The molecule has 0 unspecified atom stereocenters. The van der Waals surface area contributed by atoms with Crippen LogP contribution < -0.4 is 4.87 Å². The topological polar surface area (TPSA) is 45.8 Å². The van der Waals surface area contributed by atoms with Gasteiger partial charge in [0.15, 0.2) is 0 Å². The Hall–Kier alpha value is -1.63. The summed E-state index contributed by atoms with van der Waals surface area (Å²) in [5.74, 6) is 0. The van der Waals surface area contributed by atoms with E-state index in [9.17, 15) is 18.0 Å². The fourth-order valence-electron chi connectivity index (χ4n) is 1.18. The molecule has 0 radical (unpaired) electrons. The van der Waals surface area contributed by atoms with Crippen LogP contribution in [0.25, 0.3) is 10.6 Å². The lowest BCUT2D eigenvalue weighted by atomic mass is 10.1. The zero-order valence-electron chi connectivity index (χ0n) is 7.71. The van der Waals surface area contributed by atoms with Gasteiger partial charge in [-0.25, -0.2) is 5.10 Å². The molecule has 0 fully saturated rings. The van der Waals surface area contributed by atoms with Crippen LogP contribution in [-0.4, -0.2) is 10.2 Å². The summed E-state index contributed by atoms with van der Waals surface area (Å²) < 4.78 is 37.2. The van der Waals surface area contributed by atoms with Crippen LogP contribution in [0.5, 0.6) is 0 Å². The van der Waals surface area contributed by atoms with Gasteiger partial charge in [0.2, 0.25) is 0 Å². The molecule has 0 saturated carbocycles. The molecule has 16 heavy (non-hydrogen) atoms. The van der Waals surface area contributed by atoms with E-state index in [4.69, 9.17) is 0 Å². The molecule has 2 aromatic rings. The summed E-state index contributed by atoms with van der Waals surface area (Å²) in [7, 11) is 0. The zero-order valence-corrected chi connectivity index (χ0v) is 8.52. The van der Waals surface area contributed by atoms with E-state index in [0.29, 0.717) is 0 Å². The molecule has 1 aromatic carbocycles. The third-order valence-electron chi connectivity index (χ3n) is 1.87. The summed E-state index contributed by atoms with van der Waals surface area (Å²) in [5.41, 5.74) is -0.481. The molecule has 1 aromatic heterocycles. The van der Waals surface area contributed by atoms with E-state index in [1.807, 2.05) is 0 Å². The maximum atomic E-state index is 12.4. The number of aromatic amines is 1. The van der Waals surface area contributed by atoms with Crippen molar-refractivity contribution in [2.75, 3.05) is 0 Å². The van der Waals surface area contributed by atoms with Crippen LogP contribution in [-0.2, 0) is 6.18 Å². The van der Waals surface area contributed by atoms with E-state index in [1.165, 1.54) is 12.1 Å². The Morgan fingerprint density at radius 2 is 2.06 bits per heavy atom. The lowest BCUT2D eigenvalue weighted by Crippen LogP contribution is -2.04. The van der Waals surface area contributed by atoms with Crippen molar-refractivity contribution in [2.45, 2.75) is 6.18 Å². The van der Waals surface area contributed by atoms with Crippen molar-refractivity contribution in [1.29, 1.82) is 0 Å². The summed E-state index contributed by atoms with van der Waals surface area (Å²) >= 11 is 0.771. The molecule has 0 saturated heterocycles. The highest BCUT2D eigenvalue weighted by Gasteiger charge is 2.30. The molecule has 0 spiro atoms. The molecule has 0 aliphatic rings. The first-order valence-corrected chi connectivity index (χ1v) is 5.01. The van der Waals surface area contributed by atoms with Gasteiger partial charge in [-0.05, 0) is 12.1 Å². The molecule has 0 bridgehead atoms. The Morgan fingerprint density at radius 3 is 2.62 bits per heavy atom. The standard InChI is InChI=1S/C9H5F3N2OS/c10-9(11,12)6-3-1-2-5(4-6)7-13-14-8(15)16-7/h1-4H,(H,14,15). The quantitative estimate of drug-likeness (QED) is 0.840. The van der Waals surface area contributed by atoms with Crippen LogP contribution >= 0.6 is 11.3 Å². The Morgan fingerprint density at radius 1 is 1.31 bits per heavy atom. The number of hydrogen-bond acceptors (Lipinski definition) is 3. The van der Waals surface area contributed by atoms with Gasteiger partial charge >= 0.3 is 11.0 Å². The van der Waals surface area contributed by atoms with Crippen molar-refractivity contribution in [3.63, 3.8) is 0 Å². The predicted octanol–water partition coefficient (Wildman–Crippen LogP) is 2.52. The highest BCUT2D eigenvalue weighted by Crippen LogP contribution is 2.31. The monoisotopic (exact) mass is 246 g/mol. The molecular weight excluding hydrogens is 241 g/mol.